The van der Waals surface area contributed by atoms with E-state index in [1.807, 2.05) is 18.2 Å². The molecule has 3 heterocycles. The molecule has 0 atom stereocenters. The highest BCUT2D eigenvalue weighted by molar-refractivity contribution is 5.80. The smallest absolute Gasteiger partial charge is 0.231 e. The summed E-state index contributed by atoms with van der Waals surface area (Å²) >= 11 is 0. The molecule has 2 aliphatic heterocycles. The number of nitrogens with zero attached hydrogens (tertiary/aromatic N) is 2. The van der Waals surface area contributed by atoms with Crippen molar-refractivity contribution in [2.75, 3.05) is 13.3 Å². The Morgan fingerprint density at radius 3 is 2.89 bits per heavy atom. The molecule has 1 aromatic heterocycles. The van der Waals surface area contributed by atoms with Crippen molar-refractivity contribution >= 4 is 5.91 Å². The molecule has 0 fully saturated rings. The van der Waals surface area contributed by atoms with Gasteiger partial charge in [0.05, 0.1) is 13.0 Å². The second kappa shape index (κ2) is 6.67. The van der Waals surface area contributed by atoms with E-state index in [4.69, 9.17) is 14.0 Å². The van der Waals surface area contributed by atoms with E-state index in [2.05, 4.69) is 5.16 Å². The second-order valence-corrected chi connectivity index (χ2v) is 6.84. The molecule has 0 radical (unpaired) electrons. The first-order valence-electron chi connectivity index (χ1n) is 9.07. The van der Waals surface area contributed by atoms with E-state index in [-0.39, 0.29) is 24.9 Å². The first-order valence-corrected chi connectivity index (χ1v) is 9.07. The van der Waals surface area contributed by atoms with E-state index in [0.717, 1.165) is 11.1 Å². The molecule has 0 N–H and O–H groups in total. The van der Waals surface area contributed by atoms with Crippen LogP contribution in [0.2, 0.25) is 0 Å². The zero-order chi connectivity index (χ0) is 19.1. The van der Waals surface area contributed by atoms with Crippen LogP contribution in [0.4, 0.5) is 4.39 Å². The number of benzene rings is 2. The van der Waals surface area contributed by atoms with Gasteiger partial charge in [0.15, 0.2) is 11.5 Å². The number of fused-ring (bicyclic) bond motifs is 2. The van der Waals surface area contributed by atoms with Crippen LogP contribution >= 0.6 is 0 Å². The molecular weight excluding hydrogens is 363 g/mol. The lowest BCUT2D eigenvalue weighted by Crippen LogP contribution is -2.36. The lowest BCUT2D eigenvalue weighted by molar-refractivity contribution is -0.131. The molecule has 142 valence electrons. The summed E-state index contributed by atoms with van der Waals surface area (Å²) < 4.78 is 30.3. The molecule has 3 aromatic rings. The minimum atomic E-state index is -0.359. The van der Waals surface area contributed by atoms with Crippen molar-refractivity contribution < 1.29 is 23.2 Å². The summed E-state index contributed by atoms with van der Waals surface area (Å²) in [6.07, 6.45) is 0.815. The zero-order valence-electron chi connectivity index (χ0n) is 15.0. The Morgan fingerprint density at radius 1 is 1.14 bits per heavy atom. The Labute approximate surface area is 160 Å². The van der Waals surface area contributed by atoms with E-state index < -0.39 is 0 Å². The molecule has 0 spiro atoms. The van der Waals surface area contributed by atoms with Crippen LogP contribution < -0.4 is 9.47 Å². The maximum atomic E-state index is 14.2. The molecule has 0 aliphatic carbocycles. The Kier molecular flexibility index (Phi) is 4.00. The first kappa shape index (κ1) is 16.8. The third-order valence-corrected chi connectivity index (χ3v) is 5.10. The third kappa shape index (κ3) is 2.89. The summed E-state index contributed by atoms with van der Waals surface area (Å²) in [7, 11) is 0. The van der Waals surface area contributed by atoms with Crippen LogP contribution in [0.5, 0.6) is 11.5 Å². The Hall–Kier alpha value is -3.35. The monoisotopic (exact) mass is 380 g/mol. The number of rotatable bonds is 3. The lowest BCUT2D eigenvalue weighted by atomic mass is 10.0. The zero-order valence-corrected chi connectivity index (χ0v) is 15.0. The van der Waals surface area contributed by atoms with Gasteiger partial charge in [-0.25, -0.2) is 4.39 Å². The fraction of sp³-hybridized carbons (Fsp3) is 0.238. The molecule has 5 rings (SSSR count). The van der Waals surface area contributed by atoms with Crippen LogP contribution in [0.3, 0.4) is 0 Å². The van der Waals surface area contributed by atoms with Crippen molar-refractivity contribution in [3.05, 3.63) is 65.2 Å². The molecular formula is C21H17FN2O4. The van der Waals surface area contributed by atoms with E-state index in [9.17, 15) is 9.18 Å². The van der Waals surface area contributed by atoms with Gasteiger partial charge < -0.3 is 18.9 Å². The number of hydrogen-bond donors (Lipinski definition) is 0. The summed E-state index contributed by atoms with van der Waals surface area (Å²) in [6, 6.07) is 12.0. The first-order chi connectivity index (χ1) is 13.7. The van der Waals surface area contributed by atoms with Gasteiger partial charge in [-0.3, -0.25) is 4.79 Å². The van der Waals surface area contributed by atoms with Gasteiger partial charge >= 0.3 is 0 Å². The highest BCUT2D eigenvalue weighted by Gasteiger charge is 2.28. The molecule has 0 saturated carbocycles. The van der Waals surface area contributed by atoms with Crippen molar-refractivity contribution in [3.63, 3.8) is 0 Å². The normalized spacial score (nSPS) is 14.8. The third-order valence-electron chi connectivity index (χ3n) is 5.10. The summed E-state index contributed by atoms with van der Waals surface area (Å²) in [5.41, 5.74) is 2.49. The molecule has 0 saturated heterocycles. The van der Waals surface area contributed by atoms with Crippen molar-refractivity contribution in [2.24, 2.45) is 0 Å². The molecule has 2 aromatic carbocycles. The van der Waals surface area contributed by atoms with Gasteiger partial charge in [0.1, 0.15) is 17.3 Å². The summed E-state index contributed by atoms with van der Waals surface area (Å²) in [5, 5.41) is 4.06. The number of carbonyl (C=O) groups is 1. The molecule has 28 heavy (non-hydrogen) atoms. The number of hydrogen-bond acceptors (Lipinski definition) is 5. The van der Waals surface area contributed by atoms with Crippen LogP contribution in [0, 0.1) is 5.82 Å². The van der Waals surface area contributed by atoms with Gasteiger partial charge in [0, 0.05) is 24.1 Å². The number of aromatic nitrogens is 1. The van der Waals surface area contributed by atoms with Crippen LogP contribution in [-0.4, -0.2) is 29.3 Å². The van der Waals surface area contributed by atoms with E-state index in [0.29, 0.717) is 48.0 Å². The molecule has 0 unspecified atom stereocenters. The predicted octanol–water partition coefficient (Wildman–Crippen LogP) is 3.34. The van der Waals surface area contributed by atoms with Gasteiger partial charge in [-0.15, -0.1) is 0 Å². The van der Waals surface area contributed by atoms with Crippen LogP contribution in [0.1, 0.15) is 16.9 Å². The minimum absolute atomic E-state index is 0.00908. The number of carbonyl (C=O) groups excluding carboxylic acids is 1. The second-order valence-electron chi connectivity index (χ2n) is 6.84. The standard InChI is InChI=1S/C21H17FN2O4/c22-16-4-2-1-3-14(16)21-15-11-24(8-7-17(15)28-23-21)20(25)10-13-5-6-18-19(9-13)27-12-26-18/h1-6,9H,7-8,10-12H2. The predicted molar refractivity (Wildman–Crippen MR) is 97.3 cm³/mol. The molecule has 7 heteroatoms. The minimum Gasteiger partial charge on any atom is -0.454 e. The molecule has 0 bridgehead atoms. The van der Waals surface area contributed by atoms with Gasteiger partial charge in [-0.05, 0) is 29.8 Å². The van der Waals surface area contributed by atoms with E-state index >= 15 is 0 Å². The SMILES string of the molecule is O=C(Cc1ccc2c(c1)OCO2)N1CCc2onc(-c3ccccc3F)c2C1. The lowest BCUT2D eigenvalue weighted by Gasteiger charge is -2.26. The largest absolute Gasteiger partial charge is 0.454 e. The van der Waals surface area contributed by atoms with E-state index in [1.165, 1.54) is 6.07 Å². The maximum Gasteiger partial charge on any atom is 0.231 e. The van der Waals surface area contributed by atoms with E-state index in [1.54, 1.807) is 23.1 Å². The highest BCUT2D eigenvalue weighted by Crippen LogP contribution is 2.34. The van der Waals surface area contributed by atoms with Crippen LogP contribution in [0.25, 0.3) is 11.3 Å². The summed E-state index contributed by atoms with van der Waals surface area (Å²) in [5.74, 6) is 1.70. The van der Waals surface area contributed by atoms with Gasteiger partial charge in [-0.2, -0.15) is 0 Å². The summed E-state index contributed by atoms with van der Waals surface area (Å²) in [4.78, 5) is 14.6. The fourth-order valence-electron chi connectivity index (χ4n) is 3.62. The van der Waals surface area contributed by atoms with Gasteiger partial charge in [-0.1, -0.05) is 23.4 Å². The number of halogens is 1. The maximum absolute atomic E-state index is 14.2. The van der Waals surface area contributed by atoms with Crippen molar-refractivity contribution in [1.29, 1.82) is 0 Å². The topological polar surface area (TPSA) is 64.8 Å². The molecule has 6 nitrogen and oxygen atoms in total. The van der Waals surface area contributed by atoms with Crippen LogP contribution in [0.15, 0.2) is 47.0 Å². The molecule has 2 aliphatic rings. The van der Waals surface area contributed by atoms with Crippen molar-refractivity contribution in [2.45, 2.75) is 19.4 Å². The van der Waals surface area contributed by atoms with Crippen LogP contribution in [-0.2, 0) is 24.2 Å². The van der Waals surface area contributed by atoms with Gasteiger partial charge in [0.25, 0.3) is 0 Å². The Bertz CT molecular complexity index is 1060. The van der Waals surface area contributed by atoms with Gasteiger partial charge in [0.2, 0.25) is 12.7 Å². The quantitative estimate of drug-likeness (QED) is 0.697. The average Bonchev–Trinajstić information content (AvgIpc) is 3.34. The highest BCUT2D eigenvalue weighted by atomic mass is 19.1. The Morgan fingerprint density at radius 2 is 2.00 bits per heavy atom. The Balaban J connectivity index is 1.36. The molecule has 1 amide bonds. The van der Waals surface area contributed by atoms with Crippen molar-refractivity contribution in [3.8, 4) is 22.8 Å². The average molecular weight is 380 g/mol. The summed E-state index contributed by atoms with van der Waals surface area (Å²) in [6.45, 7) is 1.10. The fourth-order valence-corrected chi connectivity index (χ4v) is 3.62. The number of amides is 1. The van der Waals surface area contributed by atoms with Crippen molar-refractivity contribution in [1.82, 2.24) is 10.1 Å². The number of ether oxygens (including phenoxy) is 2.